The molecule has 21 heavy (non-hydrogen) atoms. The van der Waals surface area contributed by atoms with Gasteiger partial charge in [0.1, 0.15) is 0 Å². The topological polar surface area (TPSA) is 29.5 Å². The number of hydrogen-bond acceptors (Lipinski definition) is 2. The molecule has 0 spiro atoms. The summed E-state index contributed by atoms with van der Waals surface area (Å²) >= 11 is 0. The lowest BCUT2D eigenvalue weighted by molar-refractivity contribution is -0.0880. The van der Waals surface area contributed by atoms with Crippen LogP contribution in [0.3, 0.4) is 0 Å². The molecule has 1 aliphatic rings. The number of benzene rings is 1. The Kier molecular flexibility index (Phi) is 4.01. The monoisotopic (exact) mass is 290 g/mol. The van der Waals surface area contributed by atoms with Gasteiger partial charge in [-0.05, 0) is 50.7 Å². The molecule has 0 aromatic heterocycles. The quantitative estimate of drug-likeness (QED) is 0.861. The fourth-order valence-electron chi connectivity index (χ4n) is 3.51. The maximum atomic E-state index is 10.8. The largest absolute Gasteiger partial charge is 0.388 e. The predicted octanol–water partition coefficient (Wildman–Crippen LogP) is 4.61. The van der Waals surface area contributed by atoms with E-state index >= 15 is 0 Å². The third-order valence-corrected chi connectivity index (χ3v) is 4.64. The second-order valence-corrected chi connectivity index (χ2v) is 8.59. The summed E-state index contributed by atoms with van der Waals surface area (Å²) in [7, 11) is 0. The van der Waals surface area contributed by atoms with Crippen LogP contribution in [0.4, 0.5) is 0 Å². The molecule has 1 N–H and O–H groups in total. The van der Waals surface area contributed by atoms with Gasteiger partial charge in [-0.3, -0.25) is 0 Å². The second kappa shape index (κ2) is 5.10. The Hall–Kier alpha value is -0.860. The first-order chi connectivity index (χ1) is 9.42. The van der Waals surface area contributed by atoms with E-state index in [2.05, 4.69) is 72.7 Å². The molecule has 1 heterocycles. The number of aliphatic hydroxyl groups is 1. The van der Waals surface area contributed by atoms with Crippen molar-refractivity contribution in [3.05, 3.63) is 35.4 Å². The molecule has 118 valence electrons. The highest BCUT2D eigenvalue weighted by Gasteiger charge is 2.49. The van der Waals surface area contributed by atoms with Gasteiger partial charge in [0.05, 0.1) is 17.3 Å². The van der Waals surface area contributed by atoms with E-state index in [1.54, 1.807) is 0 Å². The van der Waals surface area contributed by atoms with Gasteiger partial charge in [0, 0.05) is 5.92 Å². The van der Waals surface area contributed by atoms with E-state index < -0.39 is 6.10 Å². The van der Waals surface area contributed by atoms with Crippen LogP contribution in [0.2, 0.25) is 0 Å². The molecular formula is C19H30O2. The Morgan fingerprint density at radius 2 is 1.62 bits per heavy atom. The van der Waals surface area contributed by atoms with E-state index in [-0.39, 0.29) is 22.5 Å². The van der Waals surface area contributed by atoms with Crippen LogP contribution in [-0.4, -0.2) is 16.3 Å². The first kappa shape index (κ1) is 16.5. The van der Waals surface area contributed by atoms with Crippen LogP contribution in [0.15, 0.2) is 24.3 Å². The Balaban J connectivity index is 2.23. The van der Waals surface area contributed by atoms with Crippen molar-refractivity contribution in [2.75, 3.05) is 0 Å². The second-order valence-electron chi connectivity index (χ2n) is 8.59. The zero-order valence-corrected chi connectivity index (χ0v) is 14.5. The highest BCUT2D eigenvalue weighted by molar-refractivity contribution is 5.29. The summed E-state index contributed by atoms with van der Waals surface area (Å²) in [4.78, 5) is 0. The van der Waals surface area contributed by atoms with Gasteiger partial charge in [-0.1, -0.05) is 45.0 Å². The Morgan fingerprint density at radius 1 is 1.10 bits per heavy atom. The number of hydrogen-bond donors (Lipinski definition) is 1. The van der Waals surface area contributed by atoms with E-state index in [0.29, 0.717) is 0 Å². The van der Waals surface area contributed by atoms with E-state index in [4.69, 9.17) is 4.74 Å². The summed E-state index contributed by atoms with van der Waals surface area (Å²) in [5.74, 6) is 0.119. The van der Waals surface area contributed by atoms with Gasteiger partial charge in [-0.2, -0.15) is 0 Å². The maximum absolute atomic E-state index is 10.8. The predicted molar refractivity (Wildman–Crippen MR) is 87.5 cm³/mol. The van der Waals surface area contributed by atoms with E-state index in [1.165, 1.54) is 5.56 Å². The molecule has 0 amide bonds. The summed E-state index contributed by atoms with van der Waals surface area (Å²) in [6, 6.07) is 8.39. The molecule has 0 saturated carbocycles. The van der Waals surface area contributed by atoms with Crippen LogP contribution in [0, 0.1) is 5.92 Å². The zero-order chi connectivity index (χ0) is 16.1. The van der Waals surface area contributed by atoms with E-state index in [9.17, 15) is 5.11 Å². The summed E-state index contributed by atoms with van der Waals surface area (Å²) in [6.45, 7) is 15.0. The lowest BCUT2D eigenvalue weighted by Gasteiger charge is -2.30. The van der Waals surface area contributed by atoms with Gasteiger partial charge in [0.25, 0.3) is 0 Å². The van der Waals surface area contributed by atoms with Crippen molar-refractivity contribution < 1.29 is 9.84 Å². The molecule has 1 aromatic carbocycles. The van der Waals surface area contributed by atoms with Crippen LogP contribution in [0.1, 0.15) is 72.1 Å². The van der Waals surface area contributed by atoms with Crippen LogP contribution < -0.4 is 0 Å². The van der Waals surface area contributed by atoms with Crippen LogP contribution in [-0.2, 0) is 10.2 Å². The minimum absolute atomic E-state index is 0.119. The minimum Gasteiger partial charge on any atom is -0.388 e. The average molecular weight is 290 g/mol. The summed E-state index contributed by atoms with van der Waals surface area (Å²) in [5.41, 5.74) is 1.95. The average Bonchev–Trinajstić information content (AvgIpc) is 2.55. The van der Waals surface area contributed by atoms with Gasteiger partial charge >= 0.3 is 0 Å². The van der Waals surface area contributed by atoms with E-state index in [0.717, 1.165) is 12.0 Å². The van der Waals surface area contributed by atoms with Crippen LogP contribution in [0.5, 0.6) is 0 Å². The van der Waals surface area contributed by atoms with Gasteiger partial charge in [0.15, 0.2) is 0 Å². The molecule has 1 aliphatic heterocycles. The van der Waals surface area contributed by atoms with Gasteiger partial charge < -0.3 is 9.84 Å². The van der Waals surface area contributed by atoms with Crippen molar-refractivity contribution in [3.8, 4) is 0 Å². The Bertz CT molecular complexity index is 491. The Labute approximate surface area is 129 Å². The van der Waals surface area contributed by atoms with Gasteiger partial charge in [-0.25, -0.2) is 0 Å². The molecule has 2 atom stereocenters. The molecule has 2 nitrogen and oxygen atoms in total. The fourth-order valence-corrected chi connectivity index (χ4v) is 3.51. The number of rotatable bonds is 2. The molecule has 0 aliphatic carbocycles. The lowest BCUT2D eigenvalue weighted by Crippen LogP contribution is -2.32. The standard InChI is InChI=1S/C19H30O2/c1-17(2,3)14-10-8-13(9-11-14)16(20)15-12-18(4,5)21-19(15,6)7/h8-11,15-16,20H,12H2,1-7H3. The molecule has 0 bridgehead atoms. The summed E-state index contributed by atoms with van der Waals surface area (Å²) < 4.78 is 6.11. The molecule has 2 rings (SSSR count). The number of ether oxygens (including phenoxy) is 1. The maximum Gasteiger partial charge on any atom is 0.0846 e. The van der Waals surface area contributed by atoms with Crippen molar-refractivity contribution in [1.29, 1.82) is 0 Å². The van der Waals surface area contributed by atoms with Crippen molar-refractivity contribution >= 4 is 0 Å². The van der Waals surface area contributed by atoms with Crippen molar-refractivity contribution in [3.63, 3.8) is 0 Å². The van der Waals surface area contributed by atoms with Crippen LogP contribution in [0.25, 0.3) is 0 Å². The third-order valence-electron chi connectivity index (χ3n) is 4.64. The summed E-state index contributed by atoms with van der Waals surface area (Å²) in [5, 5.41) is 10.8. The zero-order valence-electron chi connectivity index (χ0n) is 14.5. The number of aliphatic hydroxyl groups excluding tert-OH is 1. The first-order valence-electron chi connectivity index (χ1n) is 7.91. The molecule has 2 heteroatoms. The van der Waals surface area contributed by atoms with Crippen molar-refractivity contribution in [1.82, 2.24) is 0 Å². The van der Waals surface area contributed by atoms with Crippen molar-refractivity contribution in [2.24, 2.45) is 5.92 Å². The molecule has 1 saturated heterocycles. The first-order valence-corrected chi connectivity index (χ1v) is 7.91. The molecular weight excluding hydrogens is 260 g/mol. The molecule has 0 radical (unpaired) electrons. The van der Waals surface area contributed by atoms with Crippen LogP contribution >= 0.6 is 0 Å². The Morgan fingerprint density at radius 3 is 2.00 bits per heavy atom. The van der Waals surface area contributed by atoms with Crippen molar-refractivity contribution in [2.45, 2.75) is 77.6 Å². The lowest BCUT2D eigenvalue weighted by atomic mass is 9.79. The molecule has 2 unspecified atom stereocenters. The minimum atomic E-state index is -0.476. The fraction of sp³-hybridized carbons (Fsp3) is 0.684. The third kappa shape index (κ3) is 3.49. The van der Waals surface area contributed by atoms with Gasteiger partial charge in [0.2, 0.25) is 0 Å². The SMILES string of the molecule is CC1(C)CC(C(O)c2ccc(C(C)(C)C)cc2)C(C)(C)O1. The summed E-state index contributed by atoms with van der Waals surface area (Å²) in [6.07, 6.45) is 0.401. The molecule has 1 fully saturated rings. The highest BCUT2D eigenvalue weighted by Crippen LogP contribution is 2.47. The van der Waals surface area contributed by atoms with Gasteiger partial charge in [-0.15, -0.1) is 0 Å². The molecule has 1 aromatic rings. The highest BCUT2D eigenvalue weighted by atomic mass is 16.5. The smallest absolute Gasteiger partial charge is 0.0846 e. The van der Waals surface area contributed by atoms with E-state index in [1.807, 2.05) is 0 Å². The normalized spacial score (nSPS) is 25.8.